The van der Waals surface area contributed by atoms with Crippen molar-refractivity contribution < 1.29 is 14.0 Å². The van der Waals surface area contributed by atoms with Crippen LogP contribution in [0.25, 0.3) is 0 Å². The number of halogens is 2. The molecule has 2 amide bonds. The second-order valence-electron chi connectivity index (χ2n) is 11.5. The monoisotopic (exact) mass is 636 g/mol. The van der Waals surface area contributed by atoms with Crippen molar-refractivity contribution in [1.82, 2.24) is 15.3 Å². The number of amides is 2. The Balaban J connectivity index is 1.64. The highest BCUT2D eigenvalue weighted by atomic mass is 35.5. The molecule has 1 unspecified atom stereocenters. The fraction of sp³-hybridized carbons (Fsp3) is 0.303. The molecule has 0 saturated heterocycles. The van der Waals surface area contributed by atoms with E-state index >= 15 is 0 Å². The number of hydrogen-bond donors (Lipinski definition) is 1. The molecule has 7 nitrogen and oxygen atoms in total. The van der Waals surface area contributed by atoms with Gasteiger partial charge >= 0.3 is 6.03 Å². The third kappa shape index (κ3) is 7.21. The van der Waals surface area contributed by atoms with Crippen molar-refractivity contribution >= 4 is 53.6 Å². The van der Waals surface area contributed by atoms with Gasteiger partial charge in [-0.2, -0.15) is 0 Å². The second-order valence-corrected chi connectivity index (χ2v) is 16.5. The molecule has 0 aliphatic rings. The number of rotatable bonds is 10. The van der Waals surface area contributed by atoms with Gasteiger partial charge in [0.2, 0.25) is 5.28 Å². The van der Waals surface area contributed by atoms with Gasteiger partial charge in [-0.3, -0.25) is 4.90 Å². The summed E-state index contributed by atoms with van der Waals surface area (Å²) in [6.07, 6.45) is 1.54. The topological polar surface area (TPSA) is 76.6 Å². The average Bonchev–Trinajstić information content (AvgIpc) is 2.98. The van der Waals surface area contributed by atoms with E-state index in [0.29, 0.717) is 23.6 Å². The molecule has 1 heterocycles. The van der Waals surface area contributed by atoms with Crippen LogP contribution in [0.2, 0.25) is 15.5 Å². The normalized spacial score (nSPS) is 13.2. The van der Waals surface area contributed by atoms with Gasteiger partial charge in [0.1, 0.15) is 10.9 Å². The van der Waals surface area contributed by atoms with E-state index in [9.17, 15) is 4.79 Å². The number of carbonyl (C=O) groups excluding carboxylic acids is 1. The zero-order valence-electron chi connectivity index (χ0n) is 25.3. The van der Waals surface area contributed by atoms with Crippen LogP contribution < -0.4 is 25.3 Å². The second kappa shape index (κ2) is 13.9. The van der Waals surface area contributed by atoms with E-state index in [1.165, 1.54) is 10.4 Å². The van der Waals surface area contributed by atoms with E-state index < -0.39 is 14.4 Å². The van der Waals surface area contributed by atoms with Gasteiger partial charge < -0.3 is 14.5 Å². The minimum atomic E-state index is -2.78. The van der Waals surface area contributed by atoms with Crippen LogP contribution in [0.4, 0.5) is 10.5 Å². The van der Waals surface area contributed by atoms with Gasteiger partial charge in [0.25, 0.3) is 8.32 Å². The number of urea groups is 1. The van der Waals surface area contributed by atoms with Crippen LogP contribution >= 0.6 is 23.2 Å². The Morgan fingerprint density at radius 2 is 1.49 bits per heavy atom. The maximum atomic E-state index is 14.0. The quantitative estimate of drug-likeness (QED) is 0.115. The fourth-order valence-corrected chi connectivity index (χ4v) is 10.5. The third-order valence-electron chi connectivity index (χ3n) is 7.48. The number of carbonyl (C=O) groups is 1. The molecule has 0 fully saturated rings. The number of methoxy groups -OCH3 is 1. The van der Waals surface area contributed by atoms with Gasteiger partial charge in [0.05, 0.1) is 19.8 Å². The van der Waals surface area contributed by atoms with Crippen LogP contribution in [0.3, 0.4) is 0 Å². The molecule has 3 aromatic carbocycles. The Labute approximate surface area is 265 Å². The number of ether oxygens (including phenoxy) is 1. The third-order valence-corrected chi connectivity index (χ3v) is 13.0. The molecular formula is C33H38Cl2N4O3Si. The van der Waals surface area contributed by atoms with Crippen molar-refractivity contribution in [3.8, 4) is 5.75 Å². The summed E-state index contributed by atoms with van der Waals surface area (Å²) < 4.78 is 12.4. The first-order chi connectivity index (χ1) is 20.5. The molecule has 0 saturated carbocycles. The predicted molar refractivity (Wildman–Crippen MR) is 178 cm³/mol. The van der Waals surface area contributed by atoms with Crippen molar-refractivity contribution in [3.63, 3.8) is 0 Å². The molecule has 0 aliphatic heterocycles. The standard InChI is InChI=1S/C33H38Cl2N4O3Si/c1-23(22-42-43(33(3,4)5,27-13-9-7-10-14-27)28-15-11-8-12-16-28)37-32(40)39(25-17-19-26(41-6)20-18-25)24(2)29-21-36-31(35)38-30(29)34/h7-21,23-24H,22H2,1-6H3,(H,37,40)/t23?,24-/m0/s1. The van der Waals surface area contributed by atoms with Crippen LogP contribution in [0.5, 0.6) is 5.75 Å². The zero-order valence-corrected chi connectivity index (χ0v) is 27.9. The Bertz CT molecular complexity index is 1460. The van der Waals surface area contributed by atoms with Crippen LogP contribution in [0, 0.1) is 0 Å². The van der Waals surface area contributed by atoms with Crippen molar-refractivity contribution in [1.29, 1.82) is 0 Å². The average molecular weight is 638 g/mol. The molecular weight excluding hydrogens is 599 g/mol. The lowest BCUT2D eigenvalue weighted by atomic mass is 10.1. The summed E-state index contributed by atoms with van der Waals surface area (Å²) in [7, 11) is -1.18. The molecule has 1 N–H and O–H groups in total. The minimum Gasteiger partial charge on any atom is -0.497 e. The van der Waals surface area contributed by atoms with Gasteiger partial charge in [-0.1, -0.05) is 93.0 Å². The van der Waals surface area contributed by atoms with Crippen molar-refractivity contribution in [2.24, 2.45) is 0 Å². The number of hydrogen-bond acceptors (Lipinski definition) is 5. The van der Waals surface area contributed by atoms with Crippen LogP contribution in [-0.2, 0) is 4.43 Å². The molecule has 0 spiro atoms. The molecule has 0 radical (unpaired) electrons. The Morgan fingerprint density at radius 3 is 1.98 bits per heavy atom. The van der Waals surface area contributed by atoms with Crippen LogP contribution in [0.15, 0.2) is 91.1 Å². The maximum Gasteiger partial charge on any atom is 0.322 e. The highest BCUT2D eigenvalue weighted by molar-refractivity contribution is 6.99. The lowest BCUT2D eigenvalue weighted by Gasteiger charge is -2.43. The largest absolute Gasteiger partial charge is 0.497 e. The SMILES string of the molecule is COc1ccc(N(C(=O)NC(C)CO[Si](c2ccccc2)(c2ccccc2)C(C)(C)C)[C@@H](C)c2cnc(Cl)nc2Cl)cc1. The summed E-state index contributed by atoms with van der Waals surface area (Å²) in [5, 5.41) is 5.55. The number of nitrogens with zero attached hydrogens (tertiary/aromatic N) is 3. The van der Waals surface area contributed by atoms with E-state index in [2.05, 4.69) is 84.6 Å². The van der Waals surface area contributed by atoms with Crippen molar-refractivity contribution in [2.45, 2.75) is 51.7 Å². The number of nitrogens with one attached hydrogen (secondary N) is 1. The van der Waals surface area contributed by atoms with Gasteiger partial charge in [-0.15, -0.1) is 0 Å². The summed E-state index contributed by atoms with van der Waals surface area (Å²) in [6.45, 7) is 10.8. The summed E-state index contributed by atoms with van der Waals surface area (Å²) >= 11 is 12.4. The number of aromatic nitrogens is 2. The van der Waals surface area contributed by atoms with E-state index in [4.69, 9.17) is 32.4 Å². The van der Waals surface area contributed by atoms with Crippen LogP contribution in [-0.4, -0.2) is 44.1 Å². The van der Waals surface area contributed by atoms with Crippen molar-refractivity contribution in [3.05, 3.63) is 107 Å². The highest BCUT2D eigenvalue weighted by Gasteiger charge is 2.50. The van der Waals surface area contributed by atoms with Gasteiger partial charge in [0, 0.05) is 23.5 Å². The first kappa shape index (κ1) is 32.5. The smallest absolute Gasteiger partial charge is 0.322 e. The molecule has 4 aromatic rings. The summed E-state index contributed by atoms with van der Waals surface area (Å²) in [4.78, 5) is 23.8. The van der Waals surface area contributed by atoms with E-state index in [1.54, 1.807) is 30.3 Å². The van der Waals surface area contributed by atoms with E-state index in [1.807, 2.05) is 38.1 Å². The summed E-state index contributed by atoms with van der Waals surface area (Å²) in [6, 6.07) is 27.0. The molecule has 43 heavy (non-hydrogen) atoms. The Hall–Kier alpha value is -3.43. The summed E-state index contributed by atoms with van der Waals surface area (Å²) in [5.41, 5.74) is 1.21. The Kier molecular flexibility index (Phi) is 10.5. The first-order valence-corrected chi connectivity index (χ1v) is 16.8. The summed E-state index contributed by atoms with van der Waals surface area (Å²) in [5.74, 6) is 0.677. The van der Waals surface area contributed by atoms with Gasteiger partial charge in [0.15, 0.2) is 0 Å². The van der Waals surface area contributed by atoms with E-state index in [0.717, 1.165) is 0 Å². The molecule has 226 valence electrons. The Morgan fingerprint density at radius 1 is 0.930 bits per heavy atom. The molecule has 4 rings (SSSR count). The van der Waals surface area contributed by atoms with E-state index in [-0.39, 0.29) is 27.5 Å². The number of benzene rings is 3. The minimum absolute atomic E-state index is 0.0375. The molecule has 1 aromatic heterocycles. The molecule has 2 atom stereocenters. The lowest BCUT2D eigenvalue weighted by molar-refractivity contribution is 0.226. The predicted octanol–water partition coefficient (Wildman–Crippen LogP) is 7.03. The molecule has 0 bridgehead atoms. The first-order valence-electron chi connectivity index (χ1n) is 14.1. The van der Waals surface area contributed by atoms with Gasteiger partial charge in [-0.25, -0.2) is 14.8 Å². The molecule has 10 heteroatoms. The van der Waals surface area contributed by atoms with Crippen LogP contribution in [0.1, 0.15) is 46.2 Å². The zero-order chi connectivity index (χ0) is 31.2. The van der Waals surface area contributed by atoms with Gasteiger partial charge in [-0.05, 0) is 65.1 Å². The fourth-order valence-electron chi connectivity index (χ4n) is 5.36. The lowest BCUT2D eigenvalue weighted by Crippen LogP contribution is -2.67. The van der Waals surface area contributed by atoms with Crippen molar-refractivity contribution in [2.75, 3.05) is 18.6 Å². The highest BCUT2D eigenvalue weighted by Crippen LogP contribution is 2.37. The number of anilines is 1. The maximum absolute atomic E-state index is 14.0. The molecule has 0 aliphatic carbocycles.